The first-order chi connectivity index (χ1) is 16.9. The van der Waals surface area contributed by atoms with Gasteiger partial charge in [0, 0.05) is 30.8 Å². The zero-order valence-electron chi connectivity index (χ0n) is 21.4. The number of aromatic hydroxyl groups is 1. The minimum Gasteiger partial charge on any atom is -0.508 e. The number of alkyl halides is 1. The summed E-state index contributed by atoms with van der Waals surface area (Å²) in [4.78, 5) is 31.8. The Morgan fingerprint density at radius 1 is 1.17 bits per heavy atom. The number of phenolic OH excluding ortho intramolecular Hbond substituents is 1. The fourth-order valence-corrected chi connectivity index (χ4v) is 6.64. The van der Waals surface area contributed by atoms with Crippen LogP contribution in [0.3, 0.4) is 0 Å². The zero-order valence-corrected chi connectivity index (χ0v) is 24.6. The molecule has 1 aromatic carbocycles. The Hall–Kier alpha value is -1.49. The molecule has 2 heterocycles. The van der Waals surface area contributed by atoms with Gasteiger partial charge in [-0.25, -0.2) is 9.78 Å². The number of benzene rings is 1. The number of carbonyl (C=O) groups excluding carboxylic acids is 1. The first-order valence-corrected chi connectivity index (χ1v) is 15.2. The third kappa shape index (κ3) is 8.00. The molecule has 1 aliphatic rings. The molecule has 0 saturated heterocycles. The van der Waals surface area contributed by atoms with Gasteiger partial charge in [-0.15, -0.1) is 23.1 Å². The van der Waals surface area contributed by atoms with Gasteiger partial charge in [0.15, 0.2) is 6.04 Å². The van der Waals surface area contributed by atoms with Gasteiger partial charge in [-0.2, -0.15) is 0 Å². The summed E-state index contributed by atoms with van der Waals surface area (Å²) in [6.45, 7) is 10.4. The van der Waals surface area contributed by atoms with Gasteiger partial charge in [-0.1, -0.05) is 43.6 Å². The number of thiazole rings is 1. The van der Waals surface area contributed by atoms with Gasteiger partial charge >= 0.3 is 5.97 Å². The monoisotopic (exact) mass is 597 g/mol. The van der Waals surface area contributed by atoms with E-state index in [9.17, 15) is 19.8 Å². The maximum absolute atomic E-state index is 11.6. The lowest BCUT2D eigenvalue weighted by molar-refractivity contribution is -0.137. The van der Waals surface area contributed by atoms with Crippen LogP contribution in [0.4, 0.5) is 0 Å². The Morgan fingerprint density at radius 2 is 1.89 bits per heavy atom. The number of aromatic nitrogens is 1. The molecule has 198 valence electrons. The molecule has 0 saturated carbocycles. The Morgan fingerprint density at radius 3 is 2.56 bits per heavy atom. The van der Waals surface area contributed by atoms with Crippen LogP contribution in [0.1, 0.15) is 70.4 Å². The number of aliphatic carboxylic acids is 1. The van der Waals surface area contributed by atoms with Gasteiger partial charge in [0.2, 0.25) is 0 Å². The minimum absolute atomic E-state index is 0.0758. The van der Waals surface area contributed by atoms with Crippen LogP contribution in [0.15, 0.2) is 17.1 Å². The van der Waals surface area contributed by atoms with Crippen LogP contribution in [0.2, 0.25) is 0 Å². The number of carbonyl (C=O) groups is 2. The third-order valence-electron chi connectivity index (χ3n) is 6.60. The SMILES string of the molecule is CC(C)(CCCC(=O)CBr)CCC(C)(C)CNCc1c(O)ccc2nc(C3=NC(C(=O)O)CS3)sc12. The molecule has 0 spiro atoms. The number of carboxylic acid groups (broad SMARTS) is 1. The highest BCUT2D eigenvalue weighted by Crippen LogP contribution is 2.36. The number of rotatable bonds is 14. The average Bonchev–Trinajstić information content (AvgIpc) is 3.47. The van der Waals surface area contributed by atoms with Crippen molar-refractivity contribution in [3.63, 3.8) is 0 Å². The molecule has 3 N–H and O–H groups in total. The lowest BCUT2D eigenvalue weighted by Gasteiger charge is -2.31. The summed E-state index contributed by atoms with van der Waals surface area (Å²) in [5.74, 6) is -0.00852. The van der Waals surface area contributed by atoms with Gasteiger partial charge < -0.3 is 15.5 Å². The Bertz CT molecular complexity index is 1130. The first kappa shape index (κ1) is 29.1. The molecule has 1 unspecified atom stereocenters. The lowest BCUT2D eigenvalue weighted by atomic mass is 9.76. The number of phenols is 1. The van der Waals surface area contributed by atoms with Gasteiger partial charge in [0.05, 0.1) is 15.5 Å². The molecule has 10 heteroatoms. The summed E-state index contributed by atoms with van der Waals surface area (Å²) in [5.41, 5.74) is 1.85. The van der Waals surface area contributed by atoms with Crippen molar-refractivity contribution in [2.45, 2.75) is 72.4 Å². The van der Waals surface area contributed by atoms with E-state index in [4.69, 9.17) is 0 Å². The summed E-state index contributed by atoms with van der Waals surface area (Å²) in [6, 6.07) is 2.73. The molecular weight excluding hydrogens is 562 g/mol. The van der Waals surface area contributed by atoms with E-state index in [1.54, 1.807) is 12.1 Å². The number of Topliss-reactive ketones (excluding diaryl/α,β-unsaturated/α-hetero) is 1. The van der Waals surface area contributed by atoms with Crippen molar-refractivity contribution in [3.8, 4) is 5.75 Å². The van der Waals surface area contributed by atoms with Crippen molar-refractivity contribution in [2.75, 3.05) is 17.6 Å². The van der Waals surface area contributed by atoms with Gasteiger partial charge in [-0.3, -0.25) is 9.79 Å². The standard InChI is InChI=1S/C26H36BrN3O4S2/c1-25(2,9-5-6-16(31)12-27)10-11-26(3,4)15-28-13-17-20(32)8-7-18-21(17)36-23(29-18)22-30-19(14-35-22)24(33)34/h7-8,19,28,32H,5-6,9-15H2,1-4H3,(H,33,34). The average molecular weight is 599 g/mol. The second kappa shape index (κ2) is 12.4. The number of aliphatic imine (C=N–C) groups is 1. The predicted octanol–water partition coefficient (Wildman–Crippen LogP) is 6.01. The van der Waals surface area contributed by atoms with Crippen molar-refractivity contribution >= 4 is 66.0 Å². The molecule has 0 fully saturated rings. The maximum atomic E-state index is 11.6. The van der Waals surface area contributed by atoms with Gasteiger partial charge in [-0.05, 0) is 48.6 Å². The second-order valence-electron chi connectivity index (χ2n) is 11.0. The number of nitrogens with zero attached hydrogens (tertiary/aromatic N) is 2. The van der Waals surface area contributed by atoms with E-state index in [1.807, 2.05) is 0 Å². The molecule has 0 amide bonds. The van der Waals surface area contributed by atoms with Crippen LogP contribution >= 0.6 is 39.0 Å². The van der Waals surface area contributed by atoms with Crippen LogP contribution < -0.4 is 5.32 Å². The number of carboxylic acids is 1. The minimum atomic E-state index is -0.920. The van der Waals surface area contributed by atoms with E-state index in [-0.39, 0.29) is 22.4 Å². The maximum Gasteiger partial charge on any atom is 0.329 e. The third-order valence-corrected chi connectivity index (χ3v) is 9.54. The number of hydrogen-bond donors (Lipinski definition) is 3. The first-order valence-electron chi connectivity index (χ1n) is 12.2. The Labute approximate surface area is 229 Å². The molecule has 1 aliphatic heterocycles. The number of nitrogens with one attached hydrogen (secondary N) is 1. The summed E-state index contributed by atoms with van der Waals surface area (Å²) in [7, 11) is 0. The number of ketones is 1. The molecule has 0 aliphatic carbocycles. The van der Waals surface area contributed by atoms with E-state index in [0.717, 1.165) is 48.0 Å². The van der Waals surface area contributed by atoms with Crippen molar-refractivity contribution in [2.24, 2.45) is 15.8 Å². The molecule has 2 aromatic rings. The van der Waals surface area contributed by atoms with Crippen molar-refractivity contribution in [3.05, 3.63) is 22.7 Å². The highest BCUT2D eigenvalue weighted by atomic mass is 79.9. The highest BCUT2D eigenvalue weighted by molar-refractivity contribution is 9.09. The number of fused-ring (bicyclic) bond motifs is 1. The van der Waals surface area contributed by atoms with Crippen molar-refractivity contribution in [1.82, 2.24) is 10.3 Å². The molecule has 3 rings (SSSR count). The molecule has 36 heavy (non-hydrogen) atoms. The fourth-order valence-electron chi connectivity index (χ4n) is 4.16. The summed E-state index contributed by atoms with van der Waals surface area (Å²) in [6.07, 6.45) is 4.75. The molecule has 1 aromatic heterocycles. The van der Waals surface area contributed by atoms with Gasteiger partial charge in [0.1, 0.15) is 21.6 Å². The largest absolute Gasteiger partial charge is 0.508 e. The highest BCUT2D eigenvalue weighted by Gasteiger charge is 2.28. The van der Waals surface area contributed by atoms with E-state index in [2.05, 4.69) is 58.9 Å². The van der Waals surface area contributed by atoms with Crippen molar-refractivity contribution in [1.29, 1.82) is 0 Å². The van der Waals surface area contributed by atoms with Crippen LogP contribution in [0.25, 0.3) is 10.2 Å². The molecular formula is C26H36BrN3O4S2. The quantitative estimate of drug-likeness (QED) is 0.229. The number of hydrogen-bond acceptors (Lipinski definition) is 8. The topological polar surface area (TPSA) is 112 Å². The van der Waals surface area contributed by atoms with E-state index in [0.29, 0.717) is 34.1 Å². The molecule has 0 radical (unpaired) electrons. The number of halogens is 1. The lowest BCUT2D eigenvalue weighted by Crippen LogP contribution is -2.30. The van der Waals surface area contributed by atoms with Crippen molar-refractivity contribution < 1.29 is 19.8 Å². The normalized spacial score (nSPS) is 16.5. The summed E-state index contributed by atoms with van der Waals surface area (Å²) in [5, 5.41) is 25.1. The predicted molar refractivity (Wildman–Crippen MR) is 153 cm³/mol. The van der Waals surface area contributed by atoms with Crippen LogP contribution in [0, 0.1) is 10.8 Å². The summed E-state index contributed by atoms with van der Waals surface area (Å²) < 4.78 is 0.900. The molecule has 0 bridgehead atoms. The smallest absolute Gasteiger partial charge is 0.329 e. The van der Waals surface area contributed by atoms with Crippen LogP contribution in [0.5, 0.6) is 5.75 Å². The zero-order chi connectivity index (χ0) is 26.5. The Kier molecular flexibility index (Phi) is 9.99. The van der Waals surface area contributed by atoms with Gasteiger partial charge in [0.25, 0.3) is 0 Å². The van der Waals surface area contributed by atoms with E-state index >= 15 is 0 Å². The number of thioether (sulfide) groups is 1. The van der Waals surface area contributed by atoms with E-state index < -0.39 is 12.0 Å². The Balaban J connectivity index is 1.58. The van der Waals surface area contributed by atoms with Crippen LogP contribution in [-0.4, -0.2) is 55.7 Å². The van der Waals surface area contributed by atoms with E-state index in [1.165, 1.54) is 23.1 Å². The molecule has 1 atom stereocenters. The summed E-state index contributed by atoms with van der Waals surface area (Å²) >= 11 is 6.10. The van der Waals surface area contributed by atoms with Crippen LogP contribution in [-0.2, 0) is 16.1 Å². The fraction of sp³-hybridized carbons (Fsp3) is 0.615. The molecule has 7 nitrogen and oxygen atoms in total. The second-order valence-corrected chi connectivity index (χ2v) is 13.6.